The molecule has 0 saturated heterocycles. The van der Waals surface area contributed by atoms with Gasteiger partial charge in [0.2, 0.25) is 0 Å². The second kappa shape index (κ2) is 8.07. The molecular weight excluding hydrogens is 240 g/mol. The van der Waals surface area contributed by atoms with Crippen molar-refractivity contribution >= 4 is 5.82 Å². The number of aryl methyl sites for hydroxylation is 1. The summed E-state index contributed by atoms with van der Waals surface area (Å²) in [5, 5.41) is 3.07. The minimum atomic E-state index is 0.497. The summed E-state index contributed by atoms with van der Waals surface area (Å²) in [6, 6.07) is 2.45. The molecule has 0 aliphatic rings. The Kier molecular flexibility index (Phi) is 6.73. The predicted molar refractivity (Wildman–Crippen MR) is 78.4 cm³/mol. The van der Waals surface area contributed by atoms with Crippen molar-refractivity contribution in [2.45, 2.75) is 39.8 Å². The minimum absolute atomic E-state index is 0.497. The van der Waals surface area contributed by atoms with Crippen LogP contribution in [-0.2, 0) is 11.3 Å². The zero-order valence-electron chi connectivity index (χ0n) is 12.7. The lowest BCUT2D eigenvalue weighted by Crippen LogP contribution is -2.35. The number of ether oxygens (including phenoxy) is 1. The summed E-state index contributed by atoms with van der Waals surface area (Å²) < 4.78 is 5.18. The van der Waals surface area contributed by atoms with Crippen LogP contribution in [0.4, 0.5) is 5.82 Å². The minimum Gasteiger partial charge on any atom is -0.383 e. The highest BCUT2D eigenvalue weighted by Gasteiger charge is 2.14. The molecule has 1 heterocycles. The van der Waals surface area contributed by atoms with Gasteiger partial charge < -0.3 is 10.1 Å². The molecule has 0 saturated carbocycles. The molecule has 0 aliphatic heterocycles. The van der Waals surface area contributed by atoms with Crippen molar-refractivity contribution in [1.29, 1.82) is 0 Å². The van der Waals surface area contributed by atoms with E-state index in [1.807, 2.05) is 20.0 Å². The van der Waals surface area contributed by atoms with Gasteiger partial charge >= 0.3 is 0 Å². The van der Waals surface area contributed by atoms with Crippen molar-refractivity contribution in [1.82, 2.24) is 14.9 Å². The lowest BCUT2D eigenvalue weighted by molar-refractivity contribution is 0.116. The summed E-state index contributed by atoms with van der Waals surface area (Å²) in [7, 11) is 3.61. The normalized spacial score (nSPS) is 12.7. The number of nitrogens with zero attached hydrogens (tertiary/aromatic N) is 3. The Labute approximate surface area is 116 Å². The van der Waals surface area contributed by atoms with Crippen molar-refractivity contribution in [3.05, 3.63) is 17.6 Å². The van der Waals surface area contributed by atoms with E-state index in [2.05, 4.69) is 34.0 Å². The topological polar surface area (TPSA) is 50.3 Å². The average Bonchev–Trinajstić information content (AvgIpc) is 2.41. The molecule has 0 aliphatic carbocycles. The molecule has 0 radical (unpaired) electrons. The van der Waals surface area contributed by atoms with Crippen molar-refractivity contribution in [3.63, 3.8) is 0 Å². The summed E-state index contributed by atoms with van der Waals surface area (Å²) in [5.41, 5.74) is 0.991. The Bertz CT molecular complexity index is 384. The van der Waals surface area contributed by atoms with Crippen LogP contribution in [0.5, 0.6) is 0 Å². The lowest BCUT2D eigenvalue weighted by Gasteiger charge is -2.27. The van der Waals surface area contributed by atoms with E-state index in [1.54, 1.807) is 7.11 Å². The predicted octanol–water partition coefficient (Wildman–Crippen LogP) is 2.07. The fraction of sp³-hybridized carbons (Fsp3) is 0.714. The number of anilines is 1. The molecule has 0 bridgehead atoms. The molecule has 108 valence electrons. The summed E-state index contributed by atoms with van der Waals surface area (Å²) in [6.07, 6.45) is 1.11. The molecule has 1 aromatic heterocycles. The van der Waals surface area contributed by atoms with Gasteiger partial charge in [-0.15, -0.1) is 0 Å². The Balaban J connectivity index is 2.79. The fourth-order valence-corrected chi connectivity index (χ4v) is 1.93. The van der Waals surface area contributed by atoms with Gasteiger partial charge in [0, 0.05) is 38.5 Å². The number of hydrogen-bond donors (Lipinski definition) is 1. The summed E-state index contributed by atoms with van der Waals surface area (Å²) in [6.45, 7) is 8.81. The van der Waals surface area contributed by atoms with Crippen LogP contribution in [0.25, 0.3) is 0 Å². The van der Waals surface area contributed by atoms with Gasteiger partial charge in [0.1, 0.15) is 11.6 Å². The monoisotopic (exact) mass is 266 g/mol. The standard InChI is InChI=1S/C14H26N4O/c1-6-12(3)18(7-8-19-5)10-14-16-11(2)9-13(15-4)17-14/h9,12H,6-8,10H2,1-5H3,(H,15,16,17). The number of nitrogens with one attached hydrogen (secondary N) is 1. The number of methoxy groups -OCH3 is 1. The van der Waals surface area contributed by atoms with Gasteiger partial charge in [0.25, 0.3) is 0 Å². The van der Waals surface area contributed by atoms with E-state index in [0.717, 1.165) is 43.5 Å². The first-order valence-electron chi connectivity index (χ1n) is 6.86. The molecule has 19 heavy (non-hydrogen) atoms. The van der Waals surface area contributed by atoms with E-state index in [-0.39, 0.29) is 0 Å². The van der Waals surface area contributed by atoms with Gasteiger partial charge in [-0.1, -0.05) is 6.92 Å². The van der Waals surface area contributed by atoms with Gasteiger partial charge in [-0.3, -0.25) is 4.90 Å². The maximum Gasteiger partial charge on any atom is 0.144 e. The van der Waals surface area contributed by atoms with Crippen LogP contribution in [0.2, 0.25) is 0 Å². The van der Waals surface area contributed by atoms with Crippen molar-refractivity contribution in [3.8, 4) is 0 Å². The van der Waals surface area contributed by atoms with E-state index < -0.39 is 0 Å². The van der Waals surface area contributed by atoms with E-state index in [9.17, 15) is 0 Å². The molecule has 0 spiro atoms. The summed E-state index contributed by atoms with van der Waals surface area (Å²) >= 11 is 0. The second-order valence-electron chi connectivity index (χ2n) is 4.78. The Hall–Kier alpha value is -1.20. The van der Waals surface area contributed by atoms with Crippen molar-refractivity contribution < 1.29 is 4.74 Å². The molecular formula is C14H26N4O. The lowest BCUT2D eigenvalue weighted by atomic mass is 10.2. The Morgan fingerprint density at radius 2 is 2.16 bits per heavy atom. The van der Waals surface area contributed by atoms with Crippen LogP contribution < -0.4 is 5.32 Å². The van der Waals surface area contributed by atoms with E-state index in [1.165, 1.54) is 0 Å². The molecule has 0 fully saturated rings. The van der Waals surface area contributed by atoms with Gasteiger partial charge in [-0.05, 0) is 20.3 Å². The van der Waals surface area contributed by atoms with Gasteiger partial charge in [0.05, 0.1) is 13.2 Å². The number of rotatable bonds is 8. The number of aromatic nitrogens is 2. The highest BCUT2D eigenvalue weighted by atomic mass is 16.5. The molecule has 1 atom stereocenters. The molecule has 5 nitrogen and oxygen atoms in total. The highest BCUT2D eigenvalue weighted by molar-refractivity contribution is 5.34. The van der Waals surface area contributed by atoms with Crippen molar-refractivity contribution in [2.75, 3.05) is 32.6 Å². The molecule has 1 aromatic rings. The molecule has 1 unspecified atom stereocenters. The van der Waals surface area contributed by atoms with Crippen LogP contribution in [0.1, 0.15) is 31.8 Å². The maximum absolute atomic E-state index is 5.18. The second-order valence-corrected chi connectivity index (χ2v) is 4.78. The van der Waals surface area contributed by atoms with Crippen LogP contribution in [0.3, 0.4) is 0 Å². The van der Waals surface area contributed by atoms with Crippen LogP contribution in [0, 0.1) is 6.92 Å². The average molecular weight is 266 g/mol. The molecule has 0 aromatic carbocycles. The van der Waals surface area contributed by atoms with Gasteiger partial charge in [-0.2, -0.15) is 0 Å². The third-order valence-electron chi connectivity index (χ3n) is 3.30. The van der Waals surface area contributed by atoms with Crippen LogP contribution in [-0.4, -0.2) is 48.2 Å². The van der Waals surface area contributed by atoms with Gasteiger partial charge in [-0.25, -0.2) is 9.97 Å². The quantitative estimate of drug-likeness (QED) is 0.780. The first-order chi connectivity index (χ1) is 9.10. The van der Waals surface area contributed by atoms with Crippen LogP contribution in [0.15, 0.2) is 6.07 Å². The molecule has 1 rings (SSSR count). The zero-order valence-corrected chi connectivity index (χ0v) is 12.7. The first kappa shape index (κ1) is 15.9. The van der Waals surface area contributed by atoms with Gasteiger partial charge in [0.15, 0.2) is 0 Å². The smallest absolute Gasteiger partial charge is 0.144 e. The largest absolute Gasteiger partial charge is 0.383 e. The number of hydrogen-bond acceptors (Lipinski definition) is 5. The molecule has 5 heteroatoms. The van der Waals surface area contributed by atoms with E-state index in [4.69, 9.17) is 4.74 Å². The van der Waals surface area contributed by atoms with E-state index >= 15 is 0 Å². The highest BCUT2D eigenvalue weighted by Crippen LogP contribution is 2.11. The molecule has 0 amide bonds. The Morgan fingerprint density at radius 3 is 2.74 bits per heavy atom. The van der Waals surface area contributed by atoms with E-state index in [0.29, 0.717) is 6.04 Å². The maximum atomic E-state index is 5.18. The first-order valence-corrected chi connectivity index (χ1v) is 6.86. The third-order valence-corrected chi connectivity index (χ3v) is 3.30. The zero-order chi connectivity index (χ0) is 14.3. The third kappa shape index (κ3) is 5.12. The summed E-state index contributed by atoms with van der Waals surface area (Å²) in [4.78, 5) is 11.4. The van der Waals surface area contributed by atoms with Crippen molar-refractivity contribution in [2.24, 2.45) is 0 Å². The van der Waals surface area contributed by atoms with Crippen LogP contribution >= 0.6 is 0 Å². The Morgan fingerprint density at radius 1 is 1.42 bits per heavy atom. The summed E-state index contributed by atoms with van der Waals surface area (Å²) in [5.74, 6) is 1.74. The SMILES string of the molecule is CCC(C)N(CCOC)Cc1nc(C)cc(NC)n1. The fourth-order valence-electron chi connectivity index (χ4n) is 1.93. The molecule has 1 N–H and O–H groups in total.